The molecule has 2 aromatic heterocycles. The van der Waals surface area contributed by atoms with Crippen molar-refractivity contribution in [2.75, 3.05) is 26.3 Å². The normalized spacial score (nSPS) is 20.2. The van der Waals surface area contributed by atoms with Crippen LogP contribution in [0.5, 0.6) is 5.88 Å². The van der Waals surface area contributed by atoms with Gasteiger partial charge in [0.05, 0.1) is 29.1 Å². The number of rotatable bonds is 4. The van der Waals surface area contributed by atoms with E-state index >= 15 is 0 Å². The van der Waals surface area contributed by atoms with Gasteiger partial charge in [-0.1, -0.05) is 23.5 Å². The number of thiazole rings is 1. The smallest absolute Gasteiger partial charge is 0.269 e. The summed E-state index contributed by atoms with van der Waals surface area (Å²) in [4.78, 5) is 18.6. The van der Waals surface area contributed by atoms with Gasteiger partial charge in [-0.25, -0.2) is 4.98 Å². The second kappa shape index (κ2) is 7.27. The van der Waals surface area contributed by atoms with Gasteiger partial charge in [0.25, 0.3) is 5.69 Å². The maximum atomic E-state index is 11.1. The number of ether oxygens (including phenoxy) is 2. The summed E-state index contributed by atoms with van der Waals surface area (Å²) in [6.07, 6.45) is 1.44. The Morgan fingerprint density at radius 1 is 1.23 bits per heavy atom. The molecule has 0 saturated carbocycles. The number of nitro groups is 1. The van der Waals surface area contributed by atoms with Crippen molar-refractivity contribution in [1.29, 1.82) is 0 Å². The summed E-state index contributed by atoms with van der Waals surface area (Å²) in [6.45, 7) is 4.40. The largest absolute Gasteiger partial charge is 0.492 e. The molecule has 30 heavy (non-hydrogen) atoms. The number of nitro benzene ring substituents is 1. The van der Waals surface area contributed by atoms with E-state index in [1.165, 1.54) is 28.0 Å². The molecule has 1 atom stereocenters. The molecule has 0 bridgehead atoms. The summed E-state index contributed by atoms with van der Waals surface area (Å²) in [6, 6.07) is 6.20. The molecule has 158 valence electrons. The third-order valence-electron chi connectivity index (χ3n) is 5.71. The quantitative estimate of drug-likeness (QED) is 0.495. The van der Waals surface area contributed by atoms with Crippen molar-refractivity contribution in [3.8, 4) is 5.88 Å². The van der Waals surface area contributed by atoms with E-state index in [2.05, 4.69) is 15.0 Å². The van der Waals surface area contributed by atoms with Gasteiger partial charge < -0.3 is 14.6 Å². The molecule has 2 aliphatic rings. The Morgan fingerprint density at radius 3 is 2.50 bits per heavy atom. The number of nitrogens with zero attached hydrogens (tertiary/aromatic N) is 5. The van der Waals surface area contributed by atoms with Crippen molar-refractivity contribution < 1.29 is 19.5 Å². The molecule has 2 saturated heterocycles. The van der Waals surface area contributed by atoms with Crippen LogP contribution < -0.4 is 0 Å². The van der Waals surface area contributed by atoms with Gasteiger partial charge in [-0.2, -0.15) is 4.52 Å². The van der Waals surface area contributed by atoms with Crippen LogP contribution in [0.4, 0.5) is 5.69 Å². The maximum absolute atomic E-state index is 11.1. The summed E-state index contributed by atoms with van der Waals surface area (Å²) in [5.74, 6) is 0.124. The van der Waals surface area contributed by atoms with Crippen LogP contribution in [-0.2, 0) is 9.47 Å². The number of non-ortho nitro benzene ring substituents is 1. The lowest BCUT2D eigenvalue weighted by Gasteiger charge is -2.41. The molecule has 1 aromatic carbocycles. The number of aromatic nitrogens is 3. The number of hydrogen-bond acceptors (Lipinski definition) is 9. The van der Waals surface area contributed by atoms with Crippen molar-refractivity contribution in [3.63, 3.8) is 0 Å². The van der Waals surface area contributed by atoms with E-state index < -0.39 is 10.7 Å². The predicted octanol–water partition coefficient (Wildman–Crippen LogP) is 2.64. The number of likely N-dealkylation sites (tertiary alicyclic amines) is 1. The molecule has 4 heterocycles. The first-order valence-electron chi connectivity index (χ1n) is 9.77. The first-order chi connectivity index (χ1) is 14.5. The molecule has 0 amide bonds. The molecule has 10 nitrogen and oxygen atoms in total. The van der Waals surface area contributed by atoms with Crippen molar-refractivity contribution in [1.82, 2.24) is 19.5 Å². The molecular weight excluding hydrogens is 410 g/mol. The molecule has 1 spiro atoms. The number of fused-ring (bicyclic) bond motifs is 1. The average molecular weight is 431 g/mol. The Labute approximate surface area is 175 Å². The van der Waals surface area contributed by atoms with Crippen LogP contribution in [0.3, 0.4) is 0 Å². The fourth-order valence-electron chi connectivity index (χ4n) is 4.24. The third kappa shape index (κ3) is 3.23. The third-order valence-corrected chi connectivity index (χ3v) is 6.78. The number of hydrogen-bond donors (Lipinski definition) is 1. The second-order valence-electron chi connectivity index (χ2n) is 7.54. The minimum absolute atomic E-state index is 0.0327. The predicted molar refractivity (Wildman–Crippen MR) is 108 cm³/mol. The van der Waals surface area contributed by atoms with Gasteiger partial charge in [0.15, 0.2) is 5.79 Å². The standard InChI is InChI=1S/C19H21N5O5S/c1-12-20-18-23(21-12)17(25)16(30-18)15(13-2-4-14(5-3-13)24(26)27)22-8-6-19(7-9-22)28-10-11-29-19/h2-5,15,25H,6-11H2,1H3/t15-/m1/s1. The Hall–Kier alpha value is -2.60. The van der Waals surface area contributed by atoms with Crippen molar-refractivity contribution in [2.24, 2.45) is 0 Å². The van der Waals surface area contributed by atoms with E-state index in [-0.39, 0.29) is 17.6 Å². The summed E-state index contributed by atoms with van der Waals surface area (Å²) in [7, 11) is 0. The lowest BCUT2D eigenvalue weighted by molar-refractivity contribution is -0.384. The Morgan fingerprint density at radius 2 is 1.90 bits per heavy atom. The number of aryl methyl sites for hydroxylation is 1. The number of benzene rings is 1. The molecule has 11 heteroatoms. The topological polar surface area (TPSA) is 115 Å². The van der Waals surface area contributed by atoms with E-state index in [9.17, 15) is 15.2 Å². The van der Waals surface area contributed by atoms with Gasteiger partial charge in [0.1, 0.15) is 5.82 Å². The SMILES string of the molecule is Cc1nc2sc([C@@H](c3ccc([N+](=O)[O-])cc3)N3CCC4(CC3)OCCO4)c(O)n2n1. The Kier molecular flexibility index (Phi) is 4.69. The van der Waals surface area contributed by atoms with Crippen LogP contribution in [0.15, 0.2) is 24.3 Å². The van der Waals surface area contributed by atoms with Crippen LogP contribution in [0.2, 0.25) is 0 Å². The van der Waals surface area contributed by atoms with Gasteiger partial charge in [-0.15, -0.1) is 5.10 Å². The highest BCUT2D eigenvalue weighted by atomic mass is 32.1. The van der Waals surface area contributed by atoms with Gasteiger partial charge in [0.2, 0.25) is 10.8 Å². The Bertz CT molecular complexity index is 1080. The fourth-order valence-corrected chi connectivity index (χ4v) is 5.40. The summed E-state index contributed by atoms with van der Waals surface area (Å²) in [5.41, 5.74) is 0.895. The zero-order valence-corrected chi connectivity index (χ0v) is 17.2. The average Bonchev–Trinajstić information content (AvgIpc) is 3.42. The van der Waals surface area contributed by atoms with Crippen LogP contribution in [0.25, 0.3) is 4.96 Å². The van der Waals surface area contributed by atoms with Crippen molar-refractivity contribution >= 4 is 22.0 Å². The van der Waals surface area contributed by atoms with Gasteiger partial charge in [0, 0.05) is 38.1 Å². The first-order valence-corrected chi connectivity index (χ1v) is 10.6. The highest BCUT2D eigenvalue weighted by molar-refractivity contribution is 7.17. The summed E-state index contributed by atoms with van der Waals surface area (Å²) < 4.78 is 13.1. The zero-order valence-electron chi connectivity index (χ0n) is 16.4. The highest BCUT2D eigenvalue weighted by Gasteiger charge is 2.42. The van der Waals surface area contributed by atoms with E-state index in [1.807, 2.05) is 0 Å². The number of piperidine rings is 1. The van der Waals surface area contributed by atoms with Crippen LogP contribution in [0, 0.1) is 17.0 Å². The zero-order chi connectivity index (χ0) is 20.9. The van der Waals surface area contributed by atoms with Crippen LogP contribution in [0.1, 0.15) is 35.1 Å². The van der Waals surface area contributed by atoms with Crippen LogP contribution in [-0.4, -0.2) is 61.6 Å². The monoisotopic (exact) mass is 431 g/mol. The maximum Gasteiger partial charge on any atom is 0.269 e. The van der Waals surface area contributed by atoms with Crippen LogP contribution >= 0.6 is 11.3 Å². The Balaban J connectivity index is 1.52. The molecule has 1 N–H and O–H groups in total. The molecule has 0 radical (unpaired) electrons. The van der Waals surface area contributed by atoms with Gasteiger partial charge in [-0.3, -0.25) is 15.0 Å². The molecule has 0 aliphatic carbocycles. The molecule has 2 fully saturated rings. The van der Waals surface area contributed by atoms with E-state index in [0.717, 1.165) is 18.4 Å². The molecule has 0 unspecified atom stereocenters. The highest BCUT2D eigenvalue weighted by Crippen LogP contribution is 2.43. The lowest BCUT2D eigenvalue weighted by atomic mass is 9.97. The van der Waals surface area contributed by atoms with Crippen molar-refractivity contribution in [2.45, 2.75) is 31.6 Å². The molecule has 2 aliphatic heterocycles. The molecule has 5 rings (SSSR count). The minimum Gasteiger partial charge on any atom is -0.492 e. The van der Waals surface area contributed by atoms with E-state index in [4.69, 9.17) is 9.47 Å². The summed E-state index contributed by atoms with van der Waals surface area (Å²) >= 11 is 1.38. The van der Waals surface area contributed by atoms with Crippen molar-refractivity contribution in [3.05, 3.63) is 50.6 Å². The van der Waals surface area contributed by atoms with Gasteiger partial charge in [-0.05, 0) is 12.5 Å². The lowest BCUT2D eigenvalue weighted by Crippen LogP contribution is -2.46. The number of aromatic hydroxyl groups is 1. The van der Waals surface area contributed by atoms with E-state index in [0.29, 0.717) is 42.0 Å². The molecule has 3 aromatic rings. The summed E-state index contributed by atoms with van der Waals surface area (Å²) in [5, 5.41) is 26.2. The minimum atomic E-state index is -0.513. The van der Waals surface area contributed by atoms with Gasteiger partial charge >= 0.3 is 0 Å². The molecular formula is C19H21N5O5S. The van der Waals surface area contributed by atoms with E-state index in [1.54, 1.807) is 19.1 Å². The second-order valence-corrected chi connectivity index (χ2v) is 8.55. The first kappa shape index (κ1) is 19.4. The fraction of sp³-hybridized carbons (Fsp3) is 0.474.